The highest BCUT2D eigenvalue weighted by atomic mass is 16.5. The Labute approximate surface area is 119 Å². The number of methoxy groups -OCH3 is 2. The Morgan fingerprint density at radius 1 is 1.25 bits per heavy atom. The fraction of sp³-hybridized carbons (Fsp3) is 0.400. The third kappa shape index (κ3) is 2.93. The Morgan fingerprint density at radius 2 is 2.00 bits per heavy atom. The van der Waals surface area contributed by atoms with E-state index in [1.807, 2.05) is 42.9 Å². The van der Waals surface area contributed by atoms with E-state index in [1.165, 1.54) is 0 Å². The lowest BCUT2D eigenvalue weighted by atomic mass is 10.0. The van der Waals surface area contributed by atoms with Crippen molar-refractivity contribution in [2.45, 2.75) is 19.4 Å². The molecule has 0 saturated heterocycles. The molecule has 0 amide bonds. The number of nitrogens with zero attached hydrogens (tertiary/aromatic N) is 2. The van der Waals surface area contributed by atoms with Gasteiger partial charge in [0.1, 0.15) is 11.5 Å². The second kappa shape index (κ2) is 5.96. The maximum Gasteiger partial charge on any atom is 0.123 e. The zero-order valence-electron chi connectivity index (χ0n) is 12.4. The molecule has 5 nitrogen and oxygen atoms in total. The zero-order valence-corrected chi connectivity index (χ0v) is 12.4. The third-order valence-electron chi connectivity index (χ3n) is 3.36. The second-order valence-electron chi connectivity index (χ2n) is 4.82. The summed E-state index contributed by atoms with van der Waals surface area (Å²) in [5.74, 6) is 1.55. The average Bonchev–Trinajstić information content (AvgIpc) is 2.76. The summed E-state index contributed by atoms with van der Waals surface area (Å²) in [7, 11) is 5.21. The SMILES string of the molecule is COc1ccc(OC)c(C(N)Cc2cc(C)nn2C)c1. The fourth-order valence-electron chi connectivity index (χ4n) is 2.32. The summed E-state index contributed by atoms with van der Waals surface area (Å²) < 4.78 is 12.5. The monoisotopic (exact) mass is 275 g/mol. The van der Waals surface area contributed by atoms with Crippen molar-refractivity contribution in [3.05, 3.63) is 41.2 Å². The lowest BCUT2D eigenvalue weighted by Crippen LogP contribution is -2.16. The van der Waals surface area contributed by atoms with Gasteiger partial charge in [0.25, 0.3) is 0 Å². The Balaban J connectivity index is 2.28. The molecule has 20 heavy (non-hydrogen) atoms. The largest absolute Gasteiger partial charge is 0.497 e. The molecule has 0 radical (unpaired) electrons. The molecule has 2 N–H and O–H groups in total. The molecule has 108 valence electrons. The number of ether oxygens (including phenoxy) is 2. The van der Waals surface area contributed by atoms with E-state index in [2.05, 4.69) is 5.10 Å². The molecule has 1 aromatic heterocycles. The minimum Gasteiger partial charge on any atom is -0.497 e. The topological polar surface area (TPSA) is 62.3 Å². The zero-order chi connectivity index (χ0) is 14.7. The lowest BCUT2D eigenvalue weighted by molar-refractivity contribution is 0.394. The van der Waals surface area contributed by atoms with Crippen LogP contribution in [0.5, 0.6) is 11.5 Å². The van der Waals surface area contributed by atoms with Crippen LogP contribution in [0.3, 0.4) is 0 Å². The van der Waals surface area contributed by atoms with Crippen LogP contribution in [-0.4, -0.2) is 24.0 Å². The Morgan fingerprint density at radius 3 is 2.55 bits per heavy atom. The first-order valence-corrected chi connectivity index (χ1v) is 6.52. The molecular weight excluding hydrogens is 254 g/mol. The molecule has 5 heteroatoms. The Bertz CT molecular complexity index is 593. The van der Waals surface area contributed by atoms with Crippen LogP contribution in [0.25, 0.3) is 0 Å². The second-order valence-corrected chi connectivity index (χ2v) is 4.82. The summed E-state index contributed by atoms with van der Waals surface area (Å²) in [6.45, 7) is 1.97. The summed E-state index contributed by atoms with van der Waals surface area (Å²) in [6, 6.07) is 7.54. The predicted octanol–water partition coefficient (Wildman–Crippen LogP) is 1.99. The first-order chi connectivity index (χ1) is 9.55. The highest BCUT2D eigenvalue weighted by Gasteiger charge is 2.16. The van der Waals surface area contributed by atoms with Crippen LogP contribution < -0.4 is 15.2 Å². The molecule has 1 unspecified atom stereocenters. The van der Waals surface area contributed by atoms with E-state index >= 15 is 0 Å². The van der Waals surface area contributed by atoms with Gasteiger partial charge in [0, 0.05) is 30.8 Å². The number of benzene rings is 1. The molecule has 1 aromatic carbocycles. The van der Waals surface area contributed by atoms with Crippen LogP contribution in [0, 0.1) is 6.92 Å². The van der Waals surface area contributed by atoms with Crippen LogP contribution in [0.2, 0.25) is 0 Å². The van der Waals surface area contributed by atoms with Gasteiger partial charge in [-0.25, -0.2) is 0 Å². The highest BCUT2D eigenvalue weighted by Crippen LogP contribution is 2.30. The van der Waals surface area contributed by atoms with Crippen LogP contribution in [0.1, 0.15) is 23.0 Å². The van der Waals surface area contributed by atoms with E-state index in [4.69, 9.17) is 15.2 Å². The summed E-state index contributed by atoms with van der Waals surface area (Å²) in [4.78, 5) is 0. The maximum atomic E-state index is 6.33. The van der Waals surface area contributed by atoms with Gasteiger partial charge in [-0.05, 0) is 31.2 Å². The minimum atomic E-state index is -0.171. The number of aromatic nitrogens is 2. The maximum absolute atomic E-state index is 6.33. The van der Waals surface area contributed by atoms with E-state index in [1.54, 1.807) is 14.2 Å². The first kappa shape index (κ1) is 14.4. The van der Waals surface area contributed by atoms with Gasteiger partial charge in [-0.2, -0.15) is 5.10 Å². The van der Waals surface area contributed by atoms with Crippen LogP contribution >= 0.6 is 0 Å². The molecule has 2 rings (SSSR count). The van der Waals surface area contributed by atoms with Gasteiger partial charge in [0.2, 0.25) is 0 Å². The van der Waals surface area contributed by atoms with Gasteiger partial charge < -0.3 is 15.2 Å². The molecule has 0 aliphatic carbocycles. The first-order valence-electron chi connectivity index (χ1n) is 6.52. The van der Waals surface area contributed by atoms with Crippen molar-refractivity contribution in [3.63, 3.8) is 0 Å². The molecule has 2 aromatic rings. The number of hydrogen-bond donors (Lipinski definition) is 1. The van der Waals surface area contributed by atoms with E-state index in [0.717, 1.165) is 28.5 Å². The molecule has 0 fully saturated rings. The van der Waals surface area contributed by atoms with Gasteiger partial charge in [0.15, 0.2) is 0 Å². The van der Waals surface area contributed by atoms with Gasteiger partial charge in [-0.1, -0.05) is 0 Å². The predicted molar refractivity (Wildman–Crippen MR) is 78.1 cm³/mol. The van der Waals surface area contributed by atoms with Crippen LogP contribution in [0.4, 0.5) is 0 Å². The summed E-state index contributed by atoms with van der Waals surface area (Å²) >= 11 is 0. The third-order valence-corrected chi connectivity index (χ3v) is 3.36. The van der Waals surface area contributed by atoms with Gasteiger partial charge in [-0.3, -0.25) is 4.68 Å². The van der Waals surface area contributed by atoms with Crippen molar-refractivity contribution in [3.8, 4) is 11.5 Å². The van der Waals surface area contributed by atoms with Crippen molar-refractivity contribution in [2.24, 2.45) is 12.8 Å². The minimum absolute atomic E-state index is 0.171. The summed E-state index contributed by atoms with van der Waals surface area (Å²) in [5.41, 5.74) is 9.35. The summed E-state index contributed by atoms with van der Waals surface area (Å²) in [5, 5.41) is 4.34. The van der Waals surface area contributed by atoms with Crippen LogP contribution in [0.15, 0.2) is 24.3 Å². The number of hydrogen-bond acceptors (Lipinski definition) is 4. The molecule has 0 aliphatic heterocycles. The normalized spacial score (nSPS) is 12.2. The van der Waals surface area contributed by atoms with E-state index in [-0.39, 0.29) is 6.04 Å². The summed E-state index contributed by atoms with van der Waals surface area (Å²) in [6.07, 6.45) is 0.695. The number of rotatable bonds is 5. The van der Waals surface area contributed by atoms with E-state index in [0.29, 0.717) is 6.42 Å². The Kier molecular flexibility index (Phi) is 4.29. The molecule has 0 aliphatic rings. The molecule has 0 saturated carbocycles. The number of aryl methyl sites for hydroxylation is 2. The average molecular weight is 275 g/mol. The van der Waals surface area contributed by atoms with Crippen LogP contribution in [-0.2, 0) is 13.5 Å². The van der Waals surface area contributed by atoms with Crippen molar-refractivity contribution >= 4 is 0 Å². The van der Waals surface area contributed by atoms with Crippen molar-refractivity contribution < 1.29 is 9.47 Å². The molecule has 1 heterocycles. The van der Waals surface area contributed by atoms with Crippen molar-refractivity contribution in [1.29, 1.82) is 0 Å². The highest BCUT2D eigenvalue weighted by molar-refractivity contribution is 5.42. The van der Waals surface area contributed by atoms with Gasteiger partial charge in [0.05, 0.1) is 19.9 Å². The Hall–Kier alpha value is -2.01. The molecular formula is C15H21N3O2. The molecule has 0 spiro atoms. The van der Waals surface area contributed by atoms with Crippen molar-refractivity contribution in [2.75, 3.05) is 14.2 Å². The van der Waals surface area contributed by atoms with Gasteiger partial charge in [-0.15, -0.1) is 0 Å². The molecule has 1 atom stereocenters. The van der Waals surface area contributed by atoms with Gasteiger partial charge >= 0.3 is 0 Å². The smallest absolute Gasteiger partial charge is 0.123 e. The fourth-order valence-corrected chi connectivity index (χ4v) is 2.32. The lowest BCUT2D eigenvalue weighted by Gasteiger charge is -2.16. The quantitative estimate of drug-likeness (QED) is 0.906. The van der Waals surface area contributed by atoms with E-state index < -0.39 is 0 Å². The standard InChI is InChI=1S/C15H21N3O2/c1-10-7-11(18(2)17-10)8-14(16)13-9-12(19-3)5-6-15(13)20-4/h5-7,9,14H,8,16H2,1-4H3. The van der Waals surface area contributed by atoms with E-state index in [9.17, 15) is 0 Å². The molecule has 0 bridgehead atoms. The number of nitrogens with two attached hydrogens (primary N) is 1. The van der Waals surface area contributed by atoms with Crippen molar-refractivity contribution in [1.82, 2.24) is 9.78 Å².